The molecule has 2 aliphatic heterocycles. The van der Waals surface area contributed by atoms with Gasteiger partial charge in [0, 0.05) is 38.8 Å². The van der Waals surface area contributed by atoms with Gasteiger partial charge in [-0.2, -0.15) is 5.10 Å². The Morgan fingerprint density at radius 3 is 2.81 bits per heavy atom. The number of nitrogens with zero attached hydrogens (tertiary/aromatic N) is 5. The maximum absolute atomic E-state index is 12.5. The van der Waals surface area contributed by atoms with Gasteiger partial charge in [0.2, 0.25) is 5.95 Å². The number of nitrogens with one attached hydrogen (secondary N) is 1. The number of hydrogen-bond donors (Lipinski definition) is 1. The molecule has 1 N–H and O–H groups in total. The summed E-state index contributed by atoms with van der Waals surface area (Å²) >= 11 is 0. The van der Waals surface area contributed by atoms with Gasteiger partial charge in [0.15, 0.2) is 0 Å². The lowest BCUT2D eigenvalue weighted by Gasteiger charge is -2.50. The minimum absolute atomic E-state index is 0.0316. The van der Waals surface area contributed by atoms with Gasteiger partial charge in [0.25, 0.3) is 5.91 Å². The zero-order chi connectivity index (χ0) is 18.1. The van der Waals surface area contributed by atoms with Crippen molar-refractivity contribution in [1.29, 1.82) is 0 Å². The number of aromatic nitrogens is 4. The normalized spacial score (nSPS) is 21.0. The first-order chi connectivity index (χ1) is 12.6. The van der Waals surface area contributed by atoms with E-state index in [4.69, 9.17) is 4.74 Å². The molecule has 8 heteroatoms. The van der Waals surface area contributed by atoms with E-state index >= 15 is 0 Å². The summed E-state index contributed by atoms with van der Waals surface area (Å²) in [4.78, 5) is 22.9. The molecule has 2 aliphatic rings. The second-order valence-corrected chi connectivity index (χ2v) is 7.26. The Labute approximate surface area is 152 Å². The van der Waals surface area contributed by atoms with Crippen molar-refractivity contribution >= 4 is 11.9 Å². The summed E-state index contributed by atoms with van der Waals surface area (Å²) in [7, 11) is 1.81. The van der Waals surface area contributed by atoms with Crippen molar-refractivity contribution in [1.82, 2.24) is 24.6 Å². The molecule has 0 saturated carbocycles. The van der Waals surface area contributed by atoms with Crippen LogP contribution in [-0.2, 0) is 11.8 Å². The molecule has 2 aromatic rings. The molecule has 1 amide bonds. The van der Waals surface area contributed by atoms with Gasteiger partial charge < -0.3 is 15.0 Å². The smallest absolute Gasteiger partial charge is 0.257 e. The molecule has 138 valence electrons. The molecule has 1 unspecified atom stereocenters. The fourth-order valence-electron chi connectivity index (χ4n) is 3.84. The molecular weight excluding hydrogens is 332 g/mol. The van der Waals surface area contributed by atoms with Crippen molar-refractivity contribution in [3.05, 3.63) is 35.9 Å². The third-order valence-electron chi connectivity index (χ3n) is 5.31. The van der Waals surface area contributed by atoms with Crippen LogP contribution < -0.4 is 5.32 Å². The van der Waals surface area contributed by atoms with E-state index in [2.05, 4.69) is 20.4 Å². The van der Waals surface area contributed by atoms with Crippen molar-refractivity contribution in [2.45, 2.75) is 25.4 Å². The number of anilines is 1. The number of hydrogen-bond acceptors (Lipinski definition) is 6. The van der Waals surface area contributed by atoms with Crippen molar-refractivity contribution in [3.63, 3.8) is 0 Å². The molecule has 2 saturated heterocycles. The van der Waals surface area contributed by atoms with Crippen LogP contribution in [0.1, 0.15) is 28.8 Å². The number of ether oxygens (including phenoxy) is 1. The predicted octanol–water partition coefficient (Wildman–Crippen LogP) is 1.25. The minimum atomic E-state index is -0.187. The Morgan fingerprint density at radius 1 is 1.35 bits per heavy atom. The topological polar surface area (TPSA) is 85.2 Å². The number of carbonyl (C=O) groups excluding carboxylic acids is 1. The highest BCUT2D eigenvalue weighted by Crippen LogP contribution is 2.42. The summed E-state index contributed by atoms with van der Waals surface area (Å²) in [6, 6.07) is 0. The Kier molecular flexibility index (Phi) is 4.36. The predicted molar refractivity (Wildman–Crippen MR) is 95.8 cm³/mol. The van der Waals surface area contributed by atoms with Crippen LogP contribution in [0.2, 0.25) is 0 Å². The lowest BCUT2D eigenvalue weighted by Crippen LogP contribution is -2.66. The Bertz CT molecular complexity index is 781. The lowest BCUT2D eigenvalue weighted by molar-refractivity contribution is -0.117. The Balaban J connectivity index is 1.30. The monoisotopic (exact) mass is 356 g/mol. The van der Waals surface area contributed by atoms with Gasteiger partial charge >= 0.3 is 0 Å². The fraction of sp³-hybridized carbons (Fsp3) is 0.556. The SMILES string of the molecule is Cc1cnc(NCCC2CCOC23CN(C(=O)c2cnn(C)c2)C3)nc1. The molecule has 8 nitrogen and oxygen atoms in total. The van der Waals surface area contributed by atoms with Gasteiger partial charge in [-0.3, -0.25) is 9.48 Å². The standard InChI is InChI=1S/C18H24N6O2/c1-13-7-20-17(21-8-13)19-5-3-15-4-6-26-18(15)11-24(12-18)16(25)14-9-22-23(2)10-14/h7-10,15H,3-6,11-12H2,1-2H3,(H,19,20,21). The van der Waals surface area contributed by atoms with E-state index in [1.807, 2.05) is 31.3 Å². The molecule has 26 heavy (non-hydrogen) atoms. The number of likely N-dealkylation sites (tertiary alicyclic amines) is 1. The van der Waals surface area contributed by atoms with Crippen molar-refractivity contribution < 1.29 is 9.53 Å². The van der Waals surface area contributed by atoms with E-state index in [9.17, 15) is 4.79 Å². The highest BCUT2D eigenvalue weighted by molar-refractivity contribution is 5.94. The quantitative estimate of drug-likeness (QED) is 0.868. The lowest BCUT2D eigenvalue weighted by atomic mass is 9.78. The van der Waals surface area contributed by atoms with Gasteiger partial charge in [0.05, 0.1) is 24.8 Å². The zero-order valence-electron chi connectivity index (χ0n) is 15.2. The van der Waals surface area contributed by atoms with Crippen LogP contribution in [-0.4, -0.2) is 62.4 Å². The summed E-state index contributed by atoms with van der Waals surface area (Å²) in [6.45, 7) is 4.85. The van der Waals surface area contributed by atoms with Crippen molar-refractivity contribution in [2.24, 2.45) is 13.0 Å². The molecule has 0 aromatic carbocycles. The van der Waals surface area contributed by atoms with E-state index < -0.39 is 0 Å². The van der Waals surface area contributed by atoms with Crippen molar-refractivity contribution in [2.75, 3.05) is 31.6 Å². The number of amides is 1. The van der Waals surface area contributed by atoms with Gasteiger partial charge in [-0.05, 0) is 31.2 Å². The summed E-state index contributed by atoms with van der Waals surface area (Å²) in [5.41, 5.74) is 1.50. The third-order valence-corrected chi connectivity index (χ3v) is 5.31. The number of aryl methyl sites for hydroxylation is 2. The molecule has 2 fully saturated rings. The van der Waals surface area contributed by atoms with Gasteiger partial charge in [0.1, 0.15) is 5.60 Å². The summed E-state index contributed by atoms with van der Waals surface area (Å²) < 4.78 is 7.70. The highest BCUT2D eigenvalue weighted by Gasteiger charge is 2.54. The molecule has 0 radical (unpaired) electrons. The molecule has 1 atom stereocenters. The maximum Gasteiger partial charge on any atom is 0.257 e. The van der Waals surface area contributed by atoms with Gasteiger partial charge in [-0.15, -0.1) is 0 Å². The van der Waals surface area contributed by atoms with Crippen LogP contribution in [0.25, 0.3) is 0 Å². The Hall–Kier alpha value is -2.48. The molecule has 4 heterocycles. The molecular formula is C18H24N6O2. The third kappa shape index (κ3) is 3.16. The summed E-state index contributed by atoms with van der Waals surface area (Å²) in [5, 5.41) is 7.35. The van der Waals surface area contributed by atoms with Crippen LogP contribution in [0.3, 0.4) is 0 Å². The van der Waals surface area contributed by atoms with Crippen LogP contribution in [0.5, 0.6) is 0 Å². The molecule has 1 spiro atoms. The Morgan fingerprint density at radius 2 is 2.12 bits per heavy atom. The van der Waals surface area contributed by atoms with Crippen molar-refractivity contribution in [3.8, 4) is 0 Å². The van der Waals surface area contributed by atoms with E-state index in [1.165, 1.54) is 0 Å². The molecule has 0 aliphatic carbocycles. The summed E-state index contributed by atoms with van der Waals surface area (Å²) in [6.07, 6.45) is 9.00. The highest BCUT2D eigenvalue weighted by atomic mass is 16.5. The number of carbonyl (C=O) groups is 1. The van der Waals surface area contributed by atoms with E-state index in [0.717, 1.165) is 31.6 Å². The zero-order valence-corrected chi connectivity index (χ0v) is 15.2. The first-order valence-electron chi connectivity index (χ1n) is 9.00. The van der Waals surface area contributed by atoms with Gasteiger partial charge in [-0.1, -0.05) is 0 Å². The second kappa shape index (κ2) is 6.68. The van der Waals surface area contributed by atoms with Crippen LogP contribution >= 0.6 is 0 Å². The minimum Gasteiger partial charge on any atom is -0.371 e. The van der Waals surface area contributed by atoms with Crippen LogP contribution in [0, 0.1) is 12.8 Å². The maximum atomic E-state index is 12.5. The summed E-state index contributed by atoms with van der Waals surface area (Å²) in [5.74, 6) is 1.13. The molecule has 2 aromatic heterocycles. The largest absolute Gasteiger partial charge is 0.371 e. The van der Waals surface area contributed by atoms with E-state index in [0.29, 0.717) is 30.5 Å². The van der Waals surface area contributed by atoms with Crippen LogP contribution in [0.4, 0.5) is 5.95 Å². The fourth-order valence-corrected chi connectivity index (χ4v) is 3.84. The average molecular weight is 356 g/mol. The van der Waals surface area contributed by atoms with E-state index in [-0.39, 0.29) is 11.5 Å². The number of rotatable bonds is 5. The molecule has 4 rings (SSSR count). The molecule has 0 bridgehead atoms. The van der Waals surface area contributed by atoms with E-state index in [1.54, 1.807) is 17.1 Å². The first kappa shape index (κ1) is 17.0. The van der Waals surface area contributed by atoms with Crippen LogP contribution in [0.15, 0.2) is 24.8 Å². The first-order valence-corrected chi connectivity index (χ1v) is 9.00. The average Bonchev–Trinajstić information content (AvgIpc) is 3.21. The second-order valence-electron chi connectivity index (χ2n) is 7.26. The van der Waals surface area contributed by atoms with Gasteiger partial charge in [-0.25, -0.2) is 9.97 Å².